The van der Waals surface area contributed by atoms with Crippen LogP contribution in [0.2, 0.25) is 0 Å². The lowest BCUT2D eigenvalue weighted by molar-refractivity contribution is 0.0690. The number of rotatable bonds is 3. The van der Waals surface area contributed by atoms with Crippen LogP contribution in [0.5, 0.6) is 0 Å². The van der Waals surface area contributed by atoms with E-state index in [9.17, 15) is 4.79 Å². The van der Waals surface area contributed by atoms with Crippen molar-refractivity contribution >= 4 is 17.0 Å². The SMILES string of the molecule is Cc1cc2ncn(Cc3nc(C(=O)O)co3)c2cc1C. The molecule has 0 fully saturated rings. The smallest absolute Gasteiger partial charge is 0.357 e. The number of carbonyl (C=O) groups is 1. The third-order valence-electron chi connectivity index (χ3n) is 3.31. The monoisotopic (exact) mass is 271 g/mol. The predicted octanol–water partition coefficient (Wildman–Crippen LogP) is 2.39. The first-order valence-corrected chi connectivity index (χ1v) is 6.14. The molecule has 6 heteroatoms. The number of carboxylic acid groups (broad SMARTS) is 1. The van der Waals surface area contributed by atoms with Gasteiger partial charge in [-0.2, -0.15) is 0 Å². The molecule has 3 aromatic rings. The van der Waals surface area contributed by atoms with Crippen LogP contribution in [0.4, 0.5) is 0 Å². The lowest BCUT2D eigenvalue weighted by Gasteiger charge is -2.03. The van der Waals surface area contributed by atoms with E-state index in [0.29, 0.717) is 12.4 Å². The summed E-state index contributed by atoms with van der Waals surface area (Å²) in [5, 5.41) is 8.82. The van der Waals surface area contributed by atoms with Gasteiger partial charge in [0.1, 0.15) is 12.8 Å². The number of hydrogen-bond acceptors (Lipinski definition) is 4. The third kappa shape index (κ3) is 2.05. The first-order valence-electron chi connectivity index (χ1n) is 6.14. The molecule has 0 saturated carbocycles. The molecule has 1 N–H and O–H groups in total. The van der Waals surface area contributed by atoms with Gasteiger partial charge in [0.25, 0.3) is 0 Å². The van der Waals surface area contributed by atoms with Gasteiger partial charge in [-0.3, -0.25) is 0 Å². The van der Waals surface area contributed by atoms with Crippen molar-refractivity contribution in [1.29, 1.82) is 0 Å². The van der Waals surface area contributed by atoms with Crippen LogP contribution in [-0.2, 0) is 6.54 Å². The number of hydrogen-bond donors (Lipinski definition) is 1. The molecule has 0 atom stereocenters. The largest absolute Gasteiger partial charge is 0.476 e. The van der Waals surface area contributed by atoms with Crippen molar-refractivity contribution < 1.29 is 14.3 Å². The van der Waals surface area contributed by atoms with Gasteiger partial charge in [-0.15, -0.1) is 0 Å². The molecule has 3 rings (SSSR count). The molecule has 102 valence electrons. The number of oxazole rings is 1. The predicted molar refractivity (Wildman–Crippen MR) is 71.8 cm³/mol. The highest BCUT2D eigenvalue weighted by molar-refractivity contribution is 5.84. The standard InChI is InChI=1S/C14H13N3O3/c1-8-3-10-12(4-9(8)2)17(7-15-10)5-13-16-11(6-20-13)14(18)19/h3-4,6-7H,5H2,1-2H3,(H,18,19). The number of aryl methyl sites for hydroxylation is 2. The Labute approximate surface area is 114 Å². The molecule has 0 aliphatic rings. The molecule has 6 nitrogen and oxygen atoms in total. The molecular weight excluding hydrogens is 258 g/mol. The highest BCUT2D eigenvalue weighted by Crippen LogP contribution is 2.19. The molecule has 0 aliphatic heterocycles. The molecule has 2 heterocycles. The average Bonchev–Trinajstić information content (AvgIpc) is 3.00. The number of nitrogens with zero attached hydrogens (tertiary/aromatic N) is 3. The van der Waals surface area contributed by atoms with Crippen molar-refractivity contribution in [1.82, 2.24) is 14.5 Å². The third-order valence-corrected chi connectivity index (χ3v) is 3.31. The van der Waals surface area contributed by atoms with E-state index in [1.54, 1.807) is 6.33 Å². The van der Waals surface area contributed by atoms with Gasteiger partial charge in [0.05, 0.1) is 17.4 Å². The summed E-state index contributed by atoms with van der Waals surface area (Å²) in [6, 6.07) is 4.08. The molecule has 0 aliphatic carbocycles. The summed E-state index contributed by atoms with van der Waals surface area (Å²) in [6.07, 6.45) is 2.85. The van der Waals surface area contributed by atoms with Crippen LogP contribution in [-0.4, -0.2) is 25.6 Å². The molecule has 0 radical (unpaired) electrons. The molecule has 2 aromatic heterocycles. The second-order valence-corrected chi connectivity index (χ2v) is 4.73. The van der Waals surface area contributed by atoms with Crippen molar-refractivity contribution in [3.05, 3.63) is 47.4 Å². The van der Waals surface area contributed by atoms with Crippen LogP contribution in [0.3, 0.4) is 0 Å². The Bertz CT molecular complexity index is 801. The summed E-state index contributed by atoms with van der Waals surface area (Å²) in [5.41, 5.74) is 4.16. The molecule has 0 spiro atoms. The first-order chi connectivity index (χ1) is 9.54. The molecular formula is C14H13N3O3. The minimum absolute atomic E-state index is 0.0866. The summed E-state index contributed by atoms with van der Waals surface area (Å²) < 4.78 is 7.05. The number of aromatic nitrogens is 3. The van der Waals surface area contributed by atoms with Gasteiger partial charge in [0.15, 0.2) is 5.69 Å². The fourth-order valence-electron chi connectivity index (χ4n) is 2.07. The number of fused-ring (bicyclic) bond motifs is 1. The highest BCUT2D eigenvalue weighted by Gasteiger charge is 2.12. The zero-order valence-electron chi connectivity index (χ0n) is 11.1. The molecule has 0 bridgehead atoms. The fourth-order valence-corrected chi connectivity index (χ4v) is 2.07. The number of aromatic carboxylic acids is 1. The lowest BCUT2D eigenvalue weighted by atomic mass is 10.1. The van der Waals surface area contributed by atoms with Crippen molar-refractivity contribution in [2.24, 2.45) is 0 Å². The Kier molecular flexibility index (Phi) is 2.78. The zero-order valence-corrected chi connectivity index (χ0v) is 11.1. The maximum Gasteiger partial charge on any atom is 0.357 e. The van der Waals surface area contributed by atoms with Crippen molar-refractivity contribution in [3.8, 4) is 0 Å². The quantitative estimate of drug-likeness (QED) is 0.791. The number of imidazole rings is 1. The van der Waals surface area contributed by atoms with E-state index in [4.69, 9.17) is 9.52 Å². The topological polar surface area (TPSA) is 81.2 Å². The van der Waals surface area contributed by atoms with Crippen LogP contribution in [0.1, 0.15) is 27.5 Å². The summed E-state index contributed by atoms with van der Waals surface area (Å²) in [5.74, 6) is -0.748. The molecule has 0 amide bonds. The summed E-state index contributed by atoms with van der Waals surface area (Å²) >= 11 is 0. The minimum Gasteiger partial charge on any atom is -0.476 e. The van der Waals surface area contributed by atoms with Crippen molar-refractivity contribution in [2.75, 3.05) is 0 Å². The zero-order chi connectivity index (χ0) is 14.3. The van der Waals surface area contributed by atoms with Crippen LogP contribution in [0, 0.1) is 13.8 Å². The van der Waals surface area contributed by atoms with E-state index < -0.39 is 5.97 Å². The minimum atomic E-state index is -1.10. The first kappa shape index (κ1) is 12.4. The van der Waals surface area contributed by atoms with E-state index in [2.05, 4.69) is 16.0 Å². The Morgan fingerprint density at radius 3 is 2.80 bits per heavy atom. The van der Waals surface area contributed by atoms with Crippen LogP contribution in [0.15, 0.2) is 29.1 Å². The molecule has 20 heavy (non-hydrogen) atoms. The number of benzene rings is 1. The van der Waals surface area contributed by atoms with Gasteiger partial charge in [-0.05, 0) is 37.1 Å². The Morgan fingerprint density at radius 2 is 2.10 bits per heavy atom. The van der Waals surface area contributed by atoms with Gasteiger partial charge in [0.2, 0.25) is 5.89 Å². The van der Waals surface area contributed by atoms with Crippen LogP contribution in [0.25, 0.3) is 11.0 Å². The van der Waals surface area contributed by atoms with E-state index >= 15 is 0 Å². The summed E-state index contributed by atoms with van der Waals surface area (Å²) in [7, 11) is 0. The Balaban J connectivity index is 1.98. The van der Waals surface area contributed by atoms with Gasteiger partial charge >= 0.3 is 5.97 Å². The second kappa shape index (κ2) is 4.48. The maximum absolute atomic E-state index is 10.8. The maximum atomic E-state index is 10.8. The van der Waals surface area contributed by atoms with Gasteiger partial charge in [0, 0.05) is 0 Å². The van der Waals surface area contributed by atoms with Gasteiger partial charge < -0.3 is 14.1 Å². The van der Waals surface area contributed by atoms with Crippen molar-refractivity contribution in [3.63, 3.8) is 0 Å². The molecule has 0 saturated heterocycles. The fraction of sp³-hybridized carbons (Fsp3) is 0.214. The number of carboxylic acids is 1. The Hall–Kier alpha value is -2.63. The second-order valence-electron chi connectivity index (χ2n) is 4.73. The van der Waals surface area contributed by atoms with E-state index in [-0.39, 0.29) is 5.69 Å². The van der Waals surface area contributed by atoms with Crippen molar-refractivity contribution in [2.45, 2.75) is 20.4 Å². The average molecular weight is 271 g/mol. The van der Waals surface area contributed by atoms with E-state index in [1.807, 2.05) is 24.5 Å². The lowest BCUT2D eigenvalue weighted by Crippen LogP contribution is -2.01. The summed E-state index contributed by atoms with van der Waals surface area (Å²) in [4.78, 5) is 19.0. The summed E-state index contributed by atoms with van der Waals surface area (Å²) in [6.45, 7) is 4.44. The highest BCUT2D eigenvalue weighted by atomic mass is 16.4. The van der Waals surface area contributed by atoms with Crippen LogP contribution >= 0.6 is 0 Å². The van der Waals surface area contributed by atoms with Gasteiger partial charge in [-0.1, -0.05) is 0 Å². The normalized spacial score (nSPS) is 11.1. The van der Waals surface area contributed by atoms with E-state index in [0.717, 1.165) is 17.3 Å². The Morgan fingerprint density at radius 1 is 1.35 bits per heavy atom. The molecule has 0 unspecified atom stereocenters. The van der Waals surface area contributed by atoms with E-state index in [1.165, 1.54) is 11.1 Å². The van der Waals surface area contributed by atoms with Gasteiger partial charge in [-0.25, -0.2) is 14.8 Å². The van der Waals surface area contributed by atoms with Crippen LogP contribution < -0.4 is 0 Å². The molecule has 1 aromatic carbocycles.